The van der Waals surface area contributed by atoms with Crippen molar-refractivity contribution >= 4 is 45.6 Å². The van der Waals surface area contributed by atoms with Crippen molar-refractivity contribution in [2.45, 2.75) is 115 Å². The van der Waals surface area contributed by atoms with Crippen molar-refractivity contribution in [2.24, 2.45) is 0 Å². The van der Waals surface area contributed by atoms with Crippen molar-refractivity contribution in [3.8, 4) is 0 Å². The van der Waals surface area contributed by atoms with E-state index in [1.54, 1.807) is 0 Å². The van der Waals surface area contributed by atoms with Crippen LogP contribution in [-0.4, -0.2) is 215 Å². The number of hydrogen-bond donors (Lipinski definition) is 1. The van der Waals surface area contributed by atoms with Gasteiger partial charge in [0.25, 0.3) is 0 Å². The van der Waals surface area contributed by atoms with Crippen LogP contribution in [0.15, 0.2) is 188 Å². The molecule has 1 aromatic heterocycles. The van der Waals surface area contributed by atoms with Crippen LogP contribution in [0.3, 0.4) is 0 Å². The first kappa shape index (κ1) is 102. The fourth-order valence-electron chi connectivity index (χ4n) is 11.8. The highest BCUT2D eigenvalue weighted by Crippen LogP contribution is 2.22. The molecular formula is C93H154N12O3. The zero-order valence-corrected chi connectivity index (χ0v) is 63.5. The molecule has 604 valence electrons. The summed E-state index contributed by atoms with van der Waals surface area (Å²) in [6.07, 6.45) is 1.91. The highest BCUT2D eigenvalue weighted by atomic mass is 16.5. The summed E-state index contributed by atoms with van der Waals surface area (Å²) >= 11 is 0. The Bertz CT molecular complexity index is 3320. The Morgan fingerprint density at radius 3 is 0.898 bits per heavy atom. The van der Waals surface area contributed by atoms with Crippen LogP contribution in [0.5, 0.6) is 0 Å². The van der Waals surface area contributed by atoms with Crippen LogP contribution >= 0.6 is 0 Å². The highest BCUT2D eigenvalue weighted by Gasteiger charge is 2.17. The van der Waals surface area contributed by atoms with Crippen molar-refractivity contribution in [1.82, 2.24) is 20.1 Å². The van der Waals surface area contributed by atoms with Gasteiger partial charge in [0.05, 0.1) is 39.6 Å². The van der Waals surface area contributed by atoms with Gasteiger partial charge in [-0.15, -0.1) is 0 Å². The van der Waals surface area contributed by atoms with E-state index in [1.807, 2.05) is 20.3 Å². The molecule has 6 aliphatic heterocycles. The summed E-state index contributed by atoms with van der Waals surface area (Å²) in [5, 5.41) is 3.35. The van der Waals surface area contributed by atoms with Gasteiger partial charge in [-0.2, -0.15) is 0 Å². The quantitative estimate of drug-likeness (QED) is 0.157. The second-order valence-electron chi connectivity index (χ2n) is 27.5. The minimum atomic E-state index is 0. The molecule has 7 heterocycles. The van der Waals surface area contributed by atoms with E-state index in [-0.39, 0.29) is 59.4 Å². The number of benzene rings is 7. The predicted octanol–water partition coefficient (Wildman–Crippen LogP) is 19.0. The topological polar surface area (TPSA) is 85.0 Å². The molecular weight excluding hydrogens is 1330 g/mol. The van der Waals surface area contributed by atoms with Crippen molar-refractivity contribution < 1.29 is 14.2 Å². The molecule has 6 saturated heterocycles. The van der Waals surface area contributed by atoms with Gasteiger partial charge < -0.3 is 68.5 Å². The summed E-state index contributed by atoms with van der Waals surface area (Å²) < 4.78 is 15.9. The Hall–Kier alpha value is -8.15. The average Bonchev–Trinajstić information content (AvgIpc) is 0.913. The minimum absolute atomic E-state index is 0. The number of morpholine rings is 3. The number of nitrogens with zero attached hydrogens (tertiary/aromatic N) is 11. The summed E-state index contributed by atoms with van der Waals surface area (Å²) in [4.78, 5) is 27.7. The van der Waals surface area contributed by atoms with Crippen LogP contribution in [0.2, 0.25) is 0 Å². The number of aryl methyl sites for hydroxylation is 8. The summed E-state index contributed by atoms with van der Waals surface area (Å²) in [6, 6.07) is 64.8. The molecule has 14 rings (SSSR count). The van der Waals surface area contributed by atoms with Gasteiger partial charge in [0.1, 0.15) is 5.82 Å². The molecule has 15 nitrogen and oxygen atoms in total. The molecule has 0 aliphatic carbocycles. The molecule has 108 heavy (non-hydrogen) atoms. The number of anilines is 8. The van der Waals surface area contributed by atoms with E-state index in [0.717, 1.165) is 137 Å². The Labute approximate surface area is 662 Å². The Morgan fingerprint density at radius 2 is 0.574 bits per heavy atom. The lowest BCUT2D eigenvalue weighted by atomic mass is 10.2. The first-order chi connectivity index (χ1) is 48.3. The number of rotatable bonds is 8. The van der Waals surface area contributed by atoms with E-state index in [9.17, 15) is 0 Å². The van der Waals surface area contributed by atoms with E-state index < -0.39 is 0 Å². The first-order valence-corrected chi connectivity index (χ1v) is 36.4. The molecule has 7 aromatic carbocycles. The third-order valence-corrected chi connectivity index (χ3v) is 18.4. The predicted molar refractivity (Wildman–Crippen MR) is 483 cm³/mol. The number of aromatic nitrogens is 1. The van der Waals surface area contributed by atoms with E-state index in [0.29, 0.717) is 0 Å². The van der Waals surface area contributed by atoms with Crippen LogP contribution in [0.4, 0.5) is 45.6 Å². The van der Waals surface area contributed by atoms with Crippen molar-refractivity contribution in [3.63, 3.8) is 0 Å². The molecule has 0 radical (unpaired) electrons. The lowest BCUT2D eigenvalue weighted by Gasteiger charge is -2.34. The van der Waals surface area contributed by atoms with Gasteiger partial charge in [0.15, 0.2) is 0 Å². The molecule has 0 saturated carbocycles. The Kier molecular flexibility index (Phi) is 53.0. The lowest BCUT2D eigenvalue weighted by molar-refractivity contribution is 0.122. The third-order valence-electron chi connectivity index (χ3n) is 18.4. The van der Waals surface area contributed by atoms with E-state index in [2.05, 4.69) is 325 Å². The second kappa shape index (κ2) is 56.1. The highest BCUT2D eigenvalue weighted by molar-refractivity contribution is 5.53. The lowest BCUT2D eigenvalue weighted by Crippen LogP contribution is -2.44. The van der Waals surface area contributed by atoms with E-state index >= 15 is 0 Å². The number of pyridine rings is 1. The second-order valence-corrected chi connectivity index (χ2v) is 27.5. The van der Waals surface area contributed by atoms with E-state index in [4.69, 9.17) is 14.2 Å². The van der Waals surface area contributed by atoms with Gasteiger partial charge in [-0.05, 0) is 183 Å². The number of hydrogen-bond acceptors (Lipinski definition) is 15. The van der Waals surface area contributed by atoms with E-state index in [1.165, 1.54) is 110 Å². The van der Waals surface area contributed by atoms with Gasteiger partial charge in [-0.1, -0.05) is 173 Å². The molecule has 6 aliphatic rings. The van der Waals surface area contributed by atoms with Gasteiger partial charge in [-0.25, -0.2) is 4.98 Å². The van der Waals surface area contributed by atoms with Crippen LogP contribution in [0.1, 0.15) is 104 Å². The fourth-order valence-corrected chi connectivity index (χ4v) is 11.8. The van der Waals surface area contributed by atoms with Crippen LogP contribution in [-0.2, 0) is 14.2 Å². The Balaban J connectivity index is 0. The molecule has 0 unspecified atom stereocenters. The molecule has 0 spiro atoms. The number of likely N-dealkylation sites (N-methyl/N-ethyl adjacent to an activating group) is 2. The Morgan fingerprint density at radius 1 is 0.278 bits per heavy atom. The maximum absolute atomic E-state index is 5.31. The maximum atomic E-state index is 5.31. The zero-order chi connectivity index (χ0) is 71.4. The molecule has 15 heteroatoms. The average molecular weight is 1490 g/mol. The van der Waals surface area contributed by atoms with Gasteiger partial charge >= 0.3 is 0 Å². The number of nitrogens with one attached hydrogen (secondary N) is 1. The SMILES string of the molecule is C.C.C.C.C.C.C.C.Cc1ccc(N(C)C)cc1.Cc1ccc(N2CCN(C)CC2)cc1.Cc1ccc(N2CCNCC2)cc1.Cc1ccc(N2CCOCC2)cc1.Cc1ccc(N2CCOCC2)nc1.Cc1cccc(N(C)C)c1.Cc1cccc(N2CCN(C)CC2)c1.Cc1cccc(N2CCOCC2)c1. The standard InChI is InChI=1S/2C12H18N2.C11H16N2.2C11H15NO.C10H14N2O.2C9H13N.8CH4/c1-11-3-5-12(6-4-11)14-9-7-13(2)8-10-14;1-11-4-3-5-12(10-11)14-8-6-13(2)7-9-14;1-10-2-4-11(5-3-10)13-8-6-12-7-9-13;1-10-2-4-11(5-3-10)12-6-8-13-9-7-12;1-10-3-2-4-11(9-10)12-5-7-13-8-6-12;1-9-2-3-10(11-8-9)12-4-6-13-7-5-12;1-8-4-6-9(7-5-8)10(2)3;1-8-5-4-6-9(7-8)10(2)3;;;;;;;;/h3-6H,7-10H2,1-2H3;3-5,10H,6-9H2,1-2H3;2-5,12H,6-9H2,1H3;2-5H,6-9H2,1H3;2-4,9H,5-8H2,1H3;2-3,8H,4-7H2,1H3;2*4-7H,1-3H3;8*1H4. The van der Waals surface area contributed by atoms with Crippen LogP contribution in [0, 0.1) is 55.4 Å². The van der Waals surface area contributed by atoms with Crippen LogP contribution in [0.25, 0.3) is 0 Å². The van der Waals surface area contributed by atoms with Gasteiger partial charge in [-0.3, -0.25) is 0 Å². The smallest absolute Gasteiger partial charge is 0.128 e. The molecule has 0 bridgehead atoms. The largest absolute Gasteiger partial charge is 0.378 e. The number of ether oxygens (including phenoxy) is 3. The zero-order valence-electron chi connectivity index (χ0n) is 63.5. The molecule has 8 aromatic rings. The van der Waals surface area contributed by atoms with Crippen molar-refractivity contribution in [1.29, 1.82) is 0 Å². The van der Waals surface area contributed by atoms with Gasteiger partial charge in [0.2, 0.25) is 0 Å². The third kappa shape index (κ3) is 37.8. The van der Waals surface area contributed by atoms with Crippen LogP contribution < -0.4 is 44.5 Å². The fraction of sp³-hybridized carbons (Fsp3) is 0.495. The first-order valence-electron chi connectivity index (χ1n) is 36.4. The molecule has 0 atom stereocenters. The maximum Gasteiger partial charge on any atom is 0.128 e. The molecule has 0 amide bonds. The van der Waals surface area contributed by atoms with Gasteiger partial charge in [0, 0.05) is 192 Å². The minimum Gasteiger partial charge on any atom is -0.378 e. The monoisotopic (exact) mass is 1490 g/mol. The van der Waals surface area contributed by atoms with Crippen molar-refractivity contribution in [2.75, 3.05) is 239 Å². The summed E-state index contributed by atoms with van der Waals surface area (Å²) in [6.45, 7) is 41.7. The number of piperazine rings is 3. The van der Waals surface area contributed by atoms with Crippen molar-refractivity contribution in [3.05, 3.63) is 233 Å². The normalized spacial score (nSPS) is 15.0. The summed E-state index contributed by atoms with van der Waals surface area (Å²) in [5.41, 5.74) is 19.7. The molecule has 1 N–H and O–H groups in total. The summed E-state index contributed by atoms with van der Waals surface area (Å²) in [5.74, 6) is 1.06. The summed E-state index contributed by atoms with van der Waals surface area (Å²) in [7, 11) is 12.6. The molecule has 6 fully saturated rings.